The van der Waals surface area contributed by atoms with E-state index in [1.807, 2.05) is 0 Å². The number of nitrogens with two attached hydrogens (primary N) is 5. The van der Waals surface area contributed by atoms with E-state index in [1.54, 1.807) is 13.8 Å². The molecule has 0 radical (unpaired) electrons. The van der Waals surface area contributed by atoms with Gasteiger partial charge in [-0.1, -0.05) is 20.3 Å². The number of carboxylic acid groups (broad SMARTS) is 1. The van der Waals surface area contributed by atoms with Gasteiger partial charge in [0.15, 0.2) is 5.96 Å². The minimum Gasteiger partial charge on any atom is -0.481 e. The number of thiol groups is 1. The Morgan fingerprint density at radius 2 is 1.30 bits per heavy atom. The van der Waals surface area contributed by atoms with Crippen molar-refractivity contribution in [3.05, 3.63) is 0 Å². The normalized spacial score (nSPS) is 16.9. The van der Waals surface area contributed by atoms with E-state index < -0.39 is 164 Å². The highest BCUT2D eigenvalue weighted by Gasteiger charge is 2.41. The van der Waals surface area contributed by atoms with Gasteiger partial charge in [-0.2, -0.15) is 12.6 Å². The fraction of sp³-hybridized carbons (Fsp3) is 0.667. The van der Waals surface area contributed by atoms with Crippen LogP contribution in [0.1, 0.15) is 65.7 Å². The van der Waals surface area contributed by atoms with Crippen LogP contribution in [0.4, 0.5) is 0 Å². The number of aliphatic imine (C=N–C) groups is 1. The summed E-state index contributed by atoms with van der Waals surface area (Å²) in [5, 5.41) is 47.3. The van der Waals surface area contributed by atoms with Crippen LogP contribution in [-0.2, 0) is 57.5 Å². The van der Waals surface area contributed by atoms with Gasteiger partial charge in [0.25, 0.3) is 0 Å². The average molecular weight is 1020 g/mol. The van der Waals surface area contributed by atoms with Crippen LogP contribution in [0.15, 0.2) is 4.99 Å². The molecule has 0 aliphatic carbocycles. The molecule has 0 unspecified atom stereocenters. The summed E-state index contributed by atoms with van der Waals surface area (Å²) >= 11 is 4.07. The molecule has 30 nitrogen and oxygen atoms in total. The van der Waals surface area contributed by atoms with Crippen LogP contribution in [0.3, 0.4) is 0 Å². The molecule has 1 fully saturated rings. The maximum absolute atomic E-state index is 13.9. The molecule has 21 N–H and O–H groups in total. The number of hydrogen-bond acceptors (Lipinski definition) is 17. The van der Waals surface area contributed by atoms with E-state index in [9.17, 15) is 67.7 Å². The van der Waals surface area contributed by atoms with Gasteiger partial charge in [0.1, 0.15) is 48.3 Å². The molecule has 0 spiro atoms. The van der Waals surface area contributed by atoms with Crippen molar-refractivity contribution in [2.75, 3.05) is 38.5 Å². The van der Waals surface area contributed by atoms with Crippen molar-refractivity contribution >= 4 is 89.5 Å². The number of hydrogen-bond donors (Lipinski definition) is 17. The highest BCUT2D eigenvalue weighted by atomic mass is 32.1. The molecule has 1 aliphatic rings. The van der Waals surface area contributed by atoms with Gasteiger partial charge < -0.3 is 91.4 Å². The number of primary amides is 2. The van der Waals surface area contributed by atoms with Gasteiger partial charge in [0.2, 0.25) is 65.0 Å². The summed E-state index contributed by atoms with van der Waals surface area (Å²) < 4.78 is 0. The highest BCUT2D eigenvalue weighted by Crippen LogP contribution is 2.20. The first-order valence-electron chi connectivity index (χ1n) is 21.9. The van der Waals surface area contributed by atoms with Crippen molar-refractivity contribution in [2.45, 2.75) is 120 Å². The number of carboxylic acids is 1. The van der Waals surface area contributed by atoms with Crippen molar-refractivity contribution in [3.63, 3.8) is 0 Å². The van der Waals surface area contributed by atoms with Crippen LogP contribution in [0.25, 0.3) is 0 Å². The first kappa shape index (κ1) is 61.2. The number of amides is 11. The Kier molecular flexibility index (Phi) is 26.7. The van der Waals surface area contributed by atoms with Gasteiger partial charge in [0.05, 0.1) is 38.6 Å². The third kappa shape index (κ3) is 21.2. The zero-order valence-electron chi connectivity index (χ0n) is 38.9. The fourth-order valence-electron chi connectivity index (χ4n) is 6.54. The number of likely N-dealkylation sites (tertiary alicyclic amines) is 1. The number of aliphatic hydroxyl groups excluding tert-OH is 2. The number of nitrogens with zero attached hydrogens (tertiary/aromatic N) is 2. The van der Waals surface area contributed by atoms with Gasteiger partial charge in [0, 0.05) is 18.8 Å². The van der Waals surface area contributed by atoms with Crippen LogP contribution in [0.2, 0.25) is 0 Å². The molecule has 10 atom stereocenters. The van der Waals surface area contributed by atoms with Crippen LogP contribution < -0.4 is 71.2 Å². The predicted octanol–water partition coefficient (Wildman–Crippen LogP) is -9.32. The summed E-state index contributed by atoms with van der Waals surface area (Å²) in [7, 11) is 0. The Hall–Kier alpha value is -6.86. The van der Waals surface area contributed by atoms with E-state index in [0.29, 0.717) is 6.42 Å². The largest absolute Gasteiger partial charge is 0.481 e. The fourth-order valence-corrected chi connectivity index (χ4v) is 6.80. The van der Waals surface area contributed by atoms with Gasteiger partial charge in [-0.3, -0.25) is 62.5 Å². The Bertz CT molecular complexity index is 1940. The second-order valence-electron chi connectivity index (χ2n) is 16.2. The summed E-state index contributed by atoms with van der Waals surface area (Å²) in [6.07, 6.45) is -2.61. The lowest BCUT2D eigenvalue weighted by Crippen LogP contribution is -2.62. The topological polar surface area (TPSA) is 507 Å². The number of nitrogens with one attached hydrogen (secondary N) is 8. The summed E-state index contributed by atoms with van der Waals surface area (Å²) in [5.74, 6) is -13.3. The minimum atomic E-state index is -1.77. The molecular formula is C39H67N15O15S. The van der Waals surface area contributed by atoms with Crippen molar-refractivity contribution in [1.82, 2.24) is 47.4 Å². The number of carbonyl (C=O) groups is 12. The van der Waals surface area contributed by atoms with Crippen molar-refractivity contribution in [1.29, 1.82) is 0 Å². The Morgan fingerprint density at radius 1 is 0.729 bits per heavy atom. The van der Waals surface area contributed by atoms with E-state index in [1.165, 1.54) is 0 Å². The SMILES string of the molecule is CC[C@H](C)[C@H](NC(=O)[C@H](CS)NC(=O)[C@@H](N)CO)C(=O)N[C@@H](CC(N)=O)C(=O)N[C@H](C(=O)N1CCC[C@H]1C(=O)NCC(=O)N[C@@H](CCCN=C(N)N)C(=O)NCC(=O)N[C@@H](CC(=O)O)C(N)=O)[C@@H](C)O. The third-order valence-corrected chi connectivity index (χ3v) is 10.9. The Morgan fingerprint density at radius 3 is 1.83 bits per heavy atom. The lowest BCUT2D eigenvalue weighted by atomic mass is 9.97. The van der Waals surface area contributed by atoms with E-state index in [0.717, 1.165) is 11.8 Å². The lowest BCUT2D eigenvalue weighted by molar-refractivity contribution is -0.144. The number of aliphatic hydroxyl groups is 2. The molecule has 0 saturated carbocycles. The first-order valence-corrected chi connectivity index (χ1v) is 22.6. The van der Waals surface area contributed by atoms with Crippen LogP contribution in [0, 0.1) is 5.92 Å². The lowest BCUT2D eigenvalue weighted by Gasteiger charge is -2.31. The molecule has 11 amide bonds. The number of carbonyl (C=O) groups excluding carboxylic acids is 11. The van der Waals surface area contributed by atoms with Crippen molar-refractivity contribution < 1.29 is 72.9 Å². The molecule has 0 aromatic carbocycles. The molecule has 31 heteroatoms. The molecule has 1 heterocycles. The quantitative estimate of drug-likeness (QED) is 0.0133. The molecule has 1 saturated heterocycles. The molecule has 70 heavy (non-hydrogen) atoms. The summed E-state index contributed by atoms with van der Waals surface area (Å²) in [5.41, 5.74) is 26.7. The second kappa shape index (κ2) is 30.6. The molecule has 0 aromatic rings. The number of rotatable bonds is 31. The summed E-state index contributed by atoms with van der Waals surface area (Å²) in [4.78, 5) is 158. The monoisotopic (exact) mass is 1020 g/mol. The van der Waals surface area contributed by atoms with E-state index >= 15 is 0 Å². The molecule has 0 aromatic heterocycles. The van der Waals surface area contributed by atoms with E-state index in [-0.39, 0.29) is 50.5 Å². The maximum atomic E-state index is 13.9. The van der Waals surface area contributed by atoms with Crippen molar-refractivity contribution in [3.8, 4) is 0 Å². The van der Waals surface area contributed by atoms with Gasteiger partial charge in [-0.15, -0.1) is 0 Å². The smallest absolute Gasteiger partial charge is 0.305 e. The summed E-state index contributed by atoms with van der Waals surface area (Å²) in [6.45, 7) is 2.16. The van der Waals surface area contributed by atoms with E-state index in [2.05, 4.69) is 60.2 Å². The highest BCUT2D eigenvalue weighted by molar-refractivity contribution is 7.80. The zero-order valence-corrected chi connectivity index (χ0v) is 39.8. The van der Waals surface area contributed by atoms with Crippen LogP contribution in [-0.4, -0.2) is 190 Å². The van der Waals surface area contributed by atoms with Gasteiger partial charge in [-0.05, 0) is 38.5 Å². The summed E-state index contributed by atoms with van der Waals surface area (Å²) in [6, 6.07) is -11.8. The first-order chi connectivity index (χ1) is 32.8. The Balaban J connectivity index is 3.15. The Labute approximate surface area is 407 Å². The van der Waals surface area contributed by atoms with E-state index in [4.69, 9.17) is 33.8 Å². The third-order valence-electron chi connectivity index (χ3n) is 10.6. The molecule has 0 bridgehead atoms. The van der Waals surface area contributed by atoms with Crippen LogP contribution in [0.5, 0.6) is 0 Å². The molecule has 1 aliphatic heterocycles. The van der Waals surface area contributed by atoms with Crippen LogP contribution >= 0.6 is 12.6 Å². The minimum absolute atomic E-state index is 0.0253. The predicted molar refractivity (Wildman–Crippen MR) is 248 cm³/mol. The number of guanidine groups is 1. The van der Waals surface area contributed by atoms with Gasteiger partial charge >= 0.3 is 5.97 Å². The second-order valence-corrected chi connectivity index (χ2v) is 16.5. The maximum Gasteiger partial charge on any atom is 0.305 e. The van der Waals surface area contributed by atoms with Crippen molar-refractivity contribution in [2.24, 2.45) is 39.6 Å². The molecular weight excluding hydrogens is 951 g/mol. The average Bonchev–Trinajstić information content (AvgIpc) is 3.79. The molecule has 394 valence electrons. The van der Waals surface area contributed by atoms with Gasteiger partial charge in [-0.25, -0.2) is 0 Å². The zero-order chi connectivity index (χ0) is 53.4. The number of aliphatic carboxylic acids is 1. The molecule has 1 rings (SSSR count). The standard InChI is InChI=1S/C39H67N15O15S/c1-4-17(2)29(52-35(66)23(16-70)51-32(63)19(40)15-55)37(68)50-22(11-25(41)57)34(65)53-30(18(3)56)38(69)54-10-6-8-24(54)36(67)47-14-26(58)48-20(7-5-9-45-39(43)44)33(64)46-13-27(59)49-21(31(42)62)12-28(60)61/h17-24,29-30,55-56,70H,4-16,40H2,1-3H3,(H2,41,57)(H2,42,62)(H,46,64)(H,47,67)(H,48,58)(H,49,59)(H,50,68)(H,51,63)(H,52,66)(H,53,65)(H,60,61)(H4,43,44,45)/t17-,18+,19-,20-,21-,22-,23-,24-,29-,30-/m0/s1.